The molecule has 0 aromatic heterocycles. The average molecular weight is 140 g/mol. The van der Waals surface area contributed by atoms with Crippen LogP contribution in [0.3, 0.4) is 0 Å². The van der Waals surface area contributed by atoms with E-state index in [1.807, 2.05) is 0 Å². The maximum absolute atomic E-state index is 10.6. The fraction of sp³-hybridized carbons (Fsp3) is 0.286. The van der Waals surface area contributed by atoms with Crippen LogP contribution in [0.25, 0.3) is 0 Å². The van der Waals surface area contributed by atoms with Crippen LogP contribution in [0, 0.1) is 0 Å². The van der Waals surface area contributed by atoms with Crippen molar-refractivity contribution in [1.82, 2.24) is 0 Å². The van der Waals surface area contributed by atoms with Gasteiger partial charge in [0.25, 0.3) is 0 Å². The molecule has 0 saturated carbocycles. The van der Waals surface area contributed by atoms with Crippen LogP contribution in [-0.2, 0) is 4.79 Å². The van der Waals surface area contributed by atoms with E-state index in [4.69, 9.17) is 11.5 Å². The summed E-state index contributed by atoms with van der Waals surface area (Å²) in [5, 5.41) is 0. The highest BCUT2D eigenvalue weighted by Gasteiger charge is 2.25. The fourth-order valence-electron chi connectivity index (χ4n) is 0.523. The second-order valence-corrected chi connectivity index (χ2v) is 2.10. The van der Waals surface area contributed by atoms with Crippen molar-refractivity contribution >= 4 is 5.91 Å². The number of nitrogens with two attached hydrogens (primary N) is 2. The monoisotopic (exact) mass is 140 g/mol. The molecule has 0 aromatic carbocycles. The number of hydrogen-bond acceptors (Lipinski definition) is 2. The van der Waals surface area contributed by atoms with Crippen LogP contribution in [0.15, 0.2) is 25.3 Å². The van der Waals surface area contributed by atoms with Crippen molar-refractivity contribution < 1.29 is 4.79 Å². The summed E-state index contributed by atoms with van der Waals surface area (Å²) in [7, 11) is 0. The van der Waals surface area contributed by atoms with Crippen molar-refractivity contribution in [3.63, 3.8) is 0 Å². The summed E-state index contributed by atoms with van der Waals surface area (Å²) in [5.74, 6) is -0.581. The molecule has 0 unspecified atom stereocenters. The van der Waals surface area contributed by atoms with Crippen LogP contribution in [0.2, 0.25) is 0 Å². The van der Waals surface area contributed by atoms with E-state index < -0.39 is 11.4 Å². The van der Waals surface area contributed by atoms with E-state index in [1.54, 1.807) is 0 Å². The molecule has 0 aliphatic rings. The van der Waals surface area contributed by atoms with Gasteiger partial charge in [0.05, 0.1) is 0 Å². The highest BCUT2D eigenvalue weighted by Crippen LogP contribution is 2.06. The lowest BCUT2D eigenvalue weighted by molar-refractivity contribution is -0.121. The predicted octanol–water partition coefficient (Wildman–Crippen LogP) is -0.0687. The van der Waals surface area contributed by atoms with E-state index in [0.717, 1.165) is 0 Å². The summed E-state index contributed by atoms with van der Waals surface area (Å²) in [5.41, 5.74) is 9.35. The lowest BCUT2D eigenvalue weighted by Gasteiger charge is -2.18. The van der Waals surface area contributed by atoms with Gasteiger partial charge in [0.2, 0.25) is 5.91 Å². The van der Waals surface area contributed by atoms with Crippen LogP contribution >= 0.6 is 0 Å². The van der Waals surface area contributed by atoms with Crippen LogP contribution in [0.5, 0.6) is 0 Å². The zero-order valence-electron chi connectivity index (χ0n) is 5.84. The summed E-state index contributed by atoms with van der Waals surface area (Å²) < 4.78 is 0. The number of hydrogen-bond donors (Lipinski definition) is 2. The van der Waals surface area contributed by atoms with Crippen molar-refractivity contribution in [2.45, 2.75) is 12.0 Å². The first-order valence-electron chi connectivity index (χ1n) is 2.90. The van der Waals surface area contributed by atoms with Gasteiger partial charge in [-0.05, 0) is 6.42 Å². The third-order valence-electron chi connectivity index (χ3n) is 1.31. The van der Waals surface area contributed by atoms with Gasteiger partial charge in [-0.1, -0.05) is 12.2 Å². The molecule has 3 heteroatoms. The molecule has 0 bridgehead atoms. The Labute approximate surface area is 60.4 Å². The van der Waals surface area contributed by atoms with Crippen molar-refractivity contribution in [3.05, 3.63) is 25.3 Å². The van der Waals surface area contributed by atoms with Crippen LogP contribution in [0.4, 0.5) is 0 Å². The van der Waals surface area contributed by atoms with Crippen molar-refractivity contribution in [3.8, 4) is 0 Å². The summed E-state index contributed by atoms with van der Waals surface area (Å²) in [6.07, 6.45) is 3.19. The maximum atomic E-state index is 10.6. The lowest BCUT2D eigenvalue weighted by atomic mass is 9.96. The Kier molecular flexibility index (Phi) is 2.83. The Balaban J connectivity index is 4.36. The van der Waals surface area contributed by atoms with E-state index in [0.29, 0.717) is 6.42 Å². The predicted molar refractivity (Wildman–Crippen MR) is 41.1 cm³/mol. The van der Waals surface area contributed by atoms with Crippen molar-refractivity contribution in [1.29, 1.82) is 0 Å². The largest absolute Gasteiger partial charge is 0.368 e. The van der Waals surface area contributed by atoms with E-state index in [1.165, 1.54) is 12.2 Å². The molecule has 10 heavy (non-hydrogen) atoms. The fourth-order valence-corrected chi connectivity index (χ4v) is 0.523. The maximum Gasteiger partial charge on any atom is 0.241 e. The third kappa shape index (κ3) is 1.70. The molecule has 0 saturated heterocycles. The third-order valence-corrected chi connectivity index (χ3v) is 1.31. The number of rotatable bonds is 4. The second-order valence-electron chi connectivity index (χ2n) is 2.10. The Bertz CT molecular complexity index is 165. The number of carbonyl (C=O) groups is 1. The Morgan fingerprint density at radius 3 is 2.20 bits per heavy atom. The summed E-state index contributed by atoms with van der Waals surface area (Å²) in [6, 6.07) is 0. The standard InChI is InChI=1S/C7H12N2O/c1-3-5-7(9,4-2)6(8)10/h3-4H,1-2,5,9H2,(H2,8,10)/t7-/m1/s1. The number of amides is 1. The highest BCUT2D eigenvalue weighted by atomic mass is 16.1. The molecule has 0 rings (SSSR count). The first-order chi connectivity index (χ1) is 4.56. The van der Waals surface area contributed by atoms with Gasteiger partial charge >= 0.3 is 0 Å². The molecule has 1 atom stereocenters. The van der Waals surface area contributed by atoms with Gasteiger partial charge in [-0.2, -0.15) is 0 Å². The smallest absolute Gasteiger partial charge is 0.241 e. The molecule has 0 aromatic rings. The molecule has 0 aliphatic heterocycles. The SMILES string of the molecule is C=CC[C@](N)(C=C)C(N)=O. The van der Waals surface area contributed by atoms with Crippen molar-refractivity contribution in [2.75, 3.05) is 0 Å². The van der Waals surface area contributed by atoms with Gasteiger partial charge in [0.15, 0.2) is 0 Å². The zero-order valence-corrected chi connectivity index (χ0v) is 5.84. The molecular weight excluding hydrogens is 128 g/mol. The van der Waals surface area contributed by atoms with Gasteiger partial charge in [0.1, 0.15) is 5.54 Å². The molecule has 3 nitrogen and oxygen atoms in total. The van der Waals surface area contributed by atoms with Crippen LogP contribution in [-0.4, -0.2) is 11.4 Å². The van der Waals surface area contributed by atoms with Crippen molar-refractivity contribution in [2.24, 2.45) is 11.5 Å². The minimum atomic E-state index is -1.12. The summed E-state index contributed by atoms with van der Waals surface area (Å²) in [6.45, 7) is 6.84. The van der Waals surface area contributed by atoms with Gasteiger partial charge in [-0.15, -0.1) is 13.2 Å². The Morgan fingerprint density at radius 1 is 1.60 bits per heavy atom. The van der Waals surface area contributed by atoms with E-state index in [-0.39, 0.29) is 0 Å². The molecular formula is C7H12N2O. The average Bonchev–Trinajstić information content (AvgIpc) is 1.88. The van der Waals surface area contributed by atoms with E-state index in [9.17, 15) is 4.79 Å². The minimum Gasteiger partial charge on any atom is -0.368 e. The first kappa shape index (κ1) is 8.91. The topological polar surface area (TPSA) is 69.1 Å². The zero-order chi connectivity index (χ0) is 8.20. The Hall–Kier alpha value is -1.09. The van der Waals surface area contributed by atoms with Gasteiger partial charge < -0.3 is 11.5 Å². The summed E-state index contributed by atoms with van der Waals surface area (Å²) in [4.78, 5) is 10.6. The number of primary amides is 1. The summed E-state index contributed by atoms with van der Waals surface area (Å²) >= 11 is 0. The molecule has 0 radical (unpaired) electrons. The van der Waals surface area contributed by atoms with E-state index in [2.05, 4.69) is 13.2 Å². The molecule has 0 heterocycles. The molecule has 4 N–H and O–H groups in total. The molecule has 56 valence electrons. The quantitative estimate of drug-likeness (QED) is 0.537. The van der Waals surface area contributed by atoms with Gasteiger partial charge in [-0.3, -0.25) is 4.79 Å². The van der Waals surface area contributed by atoms with E-state index >= 15 is 0 Å². The lowest BCUT2D eigenvalue weighted by Crippen LogP contribution is -2.49. The van der Waals surface area contributed by atoms with Crippen LogP contribution in [0.1, 0.15) is 6.42 Å². The molecule has 0 aliphatic carbocycles. The highest BCUT2D eigenvalue weighted by molar-refractivity contribution is 5.86. The van der Waals surface area contributed by atoms with Crippen LogP contribution < -0.4 is 11.5 Å². The number of carbonyl (C=O) groups excluding carboxylic acids is 1. The minimum absolute atomic E-state index is 0.325. The first-order valence-corrected chi connectivity index (χ1v) is 2.90. The van der Waals surface area contributed by atoms with Gasteiger partial charge in [0, 0.05) is 0 Å². The normalized spacial score (nSPS) is 15.3. The van der Waals surface area contributed by atoms with Gasteiger partial charge in [-0.25, -0.2) is 0 Å². The second kappa shape index (κ2) is 3.17. The molecule has 0 fully saturated rings. The Morgan fingerprint density at radius 2 is 2.10 bits per heavy atom. The molecule has 0 spiro atoms. The molecule has 1 amide bonds.